The zero-order valence-corrected chi connectivity index (χ0v) is 23.2. The second-order valence-corrected chi connectivity index (χ2v) is 11.7. The van der Waals surface area contributed by atoms with Gasteiger partial charge in [-0.05, 0) is 70.6 Å². The second kappa shape index (κ2) is 9.13. The van der Waals surface area contributed by atoms with Gasteiger partial charge in [-0.15, -0.1) is 0 Å². The van der Waals surface area contributed by atoms with Gasteiger partial charge in [-0.1, -0.05) is 52.4 Å². The number of rotatable bonds is 3. The van der Waals surface area contributed by atoms with Crippen molar-refractivity contribution in [2.45, 2.75) is 18.8 Å². The van der Waals surface area contributed by atoms with Crippen molar-refractivity contribution in [3.8, 4) is 5.75 Å². The van der Waals surface area contributed by atoms with Crippen molar-refractivity contribution >= 4 is 67.0 Å². The number of aromatic hydroxyl groups is 1. The van der Waals surface area contributed by atoms with Crippen molar-refractivity contribution in [3.05, 3.63) is 98.0 Å². The minimum atomic E-state index is -0.709. The molecule has 190 valence electrons. The maximum absolute atomic E-state index is 13.9. The van der Waals surface area contributed by atoms with E-state index in [2.05, 4.69) is 38.4 Å². The number of phenolic OH excluding ortho intramolecular Hbond substituents is 1. The van der Waals surface area contributed by atoms with Crippen LogP contribution >= 0.6 is 31.9 Å². The topological polar surface area (TPSA) is 91.8 Å². The van der Waals surface area contributed by atoms with Gasteiger partial charge in [-0.3, -0.25) is 24.1 Å². The number of imide groups is 1. The van der Waals surface area contributed by atoms with Crippen LogP contribution in [0.5, 0.6) is 5.75 Å². The summed E-state index contributed by atoms with van der Waals surface area (Å²) in [6.07, 6.45) is 5.39. The van der Waals surface area contributed by atoms with Crippen molar-refractivity contribution in [1.82, 2.24) is 0 Å². The van der Waals surface area contributed by atoms with Crippen molar-refractivity contribution in [2.24, 2.45) is 17.8 Å². The fourth-order valence-corrected chi connectivity index (χ4v) is 7.16. The first-order valence-corrected chi connectivity index (χ1v) is 13.8. The van der Waals surface area contributed by atoms with Crippen molar-refractivity contribution < 1.29 is 24.3 Å². The molecule has 4 atom stereocenters. The molecule has 1 N–H and O–H groups in total. The average Bonchev–Trinajstić information content (AvgIpc) is 3.17. The lowest BCUT2D eigenvalue weighted by Gasteiger charge is -2.42. The van der Waals surface area contributed by atoms with Crippen LogP contribution in [0.15, 0.2) is 86.9 Å². The molecule has 3 aliphatic carbocycles. The predicted octanol–water partition coefficient (Wildman–Crippen LogP) is 5.76. The van der Waals surface area contributed by atoms with E-state index in [9.17, 15) is 24.3 Å². The Labute approximate surface area is 235 Å². The van der Waals surface area contributed by atoms with Crippen molar-refractivity contribution in [1.29, 1.82) is 0 Å². The molecule has 2 aromatic rings. The maximum atomic E-state index is 13.9. The fourth-order valence-electron chi connectivity index (χ4n) is 6.33. The monoisotopic (exact) mass is 633 g/mol. The third kappa shape index (κ3) is 3.65. The molecule has 2 amide bonds. The van der Waals surface area contributed by atoms with Gasteiger partial charge >= 0.3 is 0 Å². The molecule has 0 aromatic heterocycles. The highest BCUT2D eigenvalue weighted by molar-refractivity contribution is 9.12. The van der Waals surface area contributed by atoms with E-state index >= 15 is 0 Å². The van der Waals surface area contributed by atoms with Crippen LogP contribution in [0.25, 0.3) is 6.08 Å². The number of carbonyl (C=O) groups is 4. The lowest BCUT2D eigenvalue weighted by atomic mass is 9.59. The molecular formula is C30H21Br2NO5. The highest BCUT2D eigenvalue weighted by Crippen LogP contribution is 2.56. The molecule has 4 unspecified atom stereocenters. The van der Waals surface area contributed by atoms with Crippen LogP contribution in [0.1, 0.15) is 29.9 Å². The first-order chi connectivity index (χ1) is 18.2. The number of amides is 2. The lowest BCUT2D eigenvalue weighted by molar-refractivity contribution is -0.123. The number of hydrogen-bond donors (Lipinski definition) is 1. The molecule has 0 spiro atoms. The fraction of sp³-hybridized carbons (Fsp3) is 0.200. The van der Waals surface area contributed by atoms with Gasteiger partial charge in [0.15, 0.2) is 11.6 Å². The number of benzene rings is 2. The summed E-state index contributed by atoms with van der Waals surface area (Å²) in [7, 11) is 0. The van der Waals surface area contributed by atoms with E-state index in [0.29, 0.717) is 33.3 Å². The zero-order chi connectivity index (χ0) is 26.9. The van der Waals surface area contributed by atoms with E-state index in [1.54, 1.807) is 42.5 Å². The van der Waals surface area contributed by atoms with E-state index in [-0.39, 0.29) is 40.0 Å². The molecule has 0 saturated carbocycles. The molecule has 4 aliphatic rings. The second-order valence-electron chi connectivity index (χ2n) is 9.90. The number of allylic oxidation sites excluding steroid dienone is 6. The molecule has 0 bridgehead atoms. The predicted molar refractivity (Wildman–Crippen MR) is 149 cm³/mol. The van der Waals surface area contributed by atoms with Gasteiger partial charge in [0.2, 0.25) is 11.8 Å². The Morgan fingerprint density at radius 3 is 2.42 bits per heavy atom. The molecule has 0 radical (unpaired) electrons. The Hall–Kier alpha value is -3.36. The standard InChI is InChI=1S/C30H21Br2NO5/c1-2-14-3-6-16(7-4-14)33-29(37)18-9-8-17-19(26(18)30(33)38)12-21-27(24(35)13-22(32)28(21)36)25(17)20-11-15(31)5-10-23(20)34/h2-8,10-11,13,18-19,25-26,34H,1,9,12H2. The number of nitrogens with zero attached hydrogens (tertiary/aromatic N) is 1. The normalized spacial score (nSPS) is 26.5. The summed E-state index contributed by atoms with van der Waals surface area (Å²) in [6, 6.07) is 12.0. The number of Topliss-reactive ketones (excluding diaryl/α,β-unsaturated/α-hetero) is 1. The summed E-state index contributed by atoms with van der Waals surface area (Å²) in [6.45, 7) is 3.75. The van der Waals surface area contributed by atoms with Crippen molar-refractivity contribution in [3.63, 3.8) is 0 Å². The van der Waals surface area contributed by atoms with Crippen LogP contribution in [0.3, 0.4) is 0 Å². The summed E-state index contributed by atoms with van der Waals surface area (Å²) < 4.78 is 0.868. The number of hydrogen-bond acceptors (Lipinski definition) is 5. The Bertz CT molecular complexity index is 1570. The van der Waals surface area contributed by atoms with Gasteiger partial charge in [-0.25, -0.2) is 0 Å². The quantitative estimate of drug-likeness (QED) is 0.263. The summed E-state index contributed by atoms with van der Waals surface area (Å²) in [4.78, 5) is 55.3. The van der Waals surface area contributed by atoms with Crippen LogP contribution in [0.4, 0.5) is 5.69 Å². The maximum Gasteiger partial charge on any atom is 0.238 e. The number of anilines is 1. The van der Waals surface area contributed by atoms with Gasteiger partial charge in [0.25, 0.3) is 0 Å². The van der Waals surface area contributed by atoms with Crippen LogP contribution in [-0.4, -0.2) is 28.5 Å². The molecule has 2 aromatic carbocycles. The summed E-state index contributed by atoms with van der Waals surface area (Å²) in [5.74, 6) is -3.64. The third-order valence-corrected chi connectivity index (χ3v) is 9.10. The Morgan fingerprint density at radius 2 is 1.71 bits per heavy atom. The molecule has 1 aliphatic heterocycles. The summed E-state index contributed by atoms with van der Waals surface area (Å²) in [5, 5.41) is 10.9. The number of carbonyl (C=O) groups excluding carboxylic acids is 4. The van der Waals surface area contributed by atoms with Crippen LogP contribution in [0.2, 0.25) is 0 Å². The van der Waals surface area contributed by atoms with Crippen molar-refractivity contribution in [2.75, 3.05) is 4.90 Å². The molecule has 6 nitrogen and oxygen atoms in total. The minimum Gasteiger partial charge on any atom is -0.508 e. The molecular weight excluding hydrogens is 614 g/mol. The van der Waals surface area contributed by atoms with E-state index < -0.39 is 23.7 Å². The smallest absolute Gasteiger partial charge is 0.238 e. The van der Waals surface area contributed by atoms with Gasteiger partial charge in [0.05, 0.1) is 22.0 Å². The average molecular weight is 635 g/mol. The Morgan fingerprint density at radius 1 is 0.974 bits per heavy atom. The first kappa shape index (κ1) is 24.9. The zero-order valence-electron chi connectivity index (χ0n) is 20.0. The SMILES string of the molecule is C=Cc1ccc(N2C(=O)C3CC=C4C(c5cc(Br)ccc5O)C5=C(CC4C3C2=O)C(=O)C(Br)=CC5=O)cc1. The number of halogens is 2. The summed E-state index contributed by atoms with van der Waals surface area (Å²) in [5.41, 5.74) is 3.27. The van der Waals surface area contributed by atoms with Gasteiger partial charge in [-0.2, -0.15) is 0 Å². The van der Waals surface area contributed by atoms with Gasteiger partial charge < -0.3 is 5.11 Å². The molecule has 1 fully saturated rings. The lowest BCUT2D eigenvalue weighted by Crippen LogP contribution is -2.39. The molecule has 1 heterocycles. The van der Waals surface area contributed by atoms with Crippen LogP contribution in [0, 0.1) is 17.8 Å². The van der Waals surface area contributed by atoms with E-state index in [1.807, 2.05) is 6.08 Å². The largest absolute Gasteiger partial charge is 0.508 e. The Balaban J connectivity index is 1.49. The van der Waals surface area contributed by atoms with Crippen LogP contribution < -0.4 is 4.90 Å². The number of phenols is 1. The molecule has 8 heteroatoms. The van der Waals surface area contributed by atoms with E-state index in [4.69, 9.17) is 0 Å². The molecule has 1 saturated heterocycles. The summed E-state index contributed by atoms with van der Waals surface area (Å²) >= 11 is 6.68. The van der Waals surface area contributed by atoms with Crippen LogP contribution in [-0.2, 0) is 19.2 Å². The number of fused-ring (bicyclic) bond motifs is 3. The first-order valence-electron chi connectivity index (χ1n) is 12.2. The van der Waals surface area contributed by atoms with Gasteiger partial charge in [0, 0.05) is 33.2 Å². The van der Waals surface area contributed by atoms with E-state index in [0.717, 1.165) is 11.1 Å². The molecule has 38 heavy (non-hydrogen) atoms. The highest BCUT2D eigenvalue weighted by atomic mass is 79.9. The third-order valence-electron chi connectivity index (χ3n) is 8.02. The highest BCUT2D eigenvalue weighted by Gasteiger charge is 2.56. The number of ketones is 2. The molecule has 6 rings (SSSR count). The Kier molecular flexibility index (Phi) is 6.00. The minimum absolute atomic E-state index is 0.0136. The van der Waals surface area contributed by atoms with E-state index in [1.165, 1.54) is 17.0 Å². The van der Waals surface area contributed by atoms with Gasteiger partial charge in [0.1, 0.15) is 5.75 Å².